The fraction of sp³-hybridized carbons (Fsp3) is 0.522. The van der Waals surface area contributed by atoms with Crippen LogP contribution in [-0.4, -0.2) is 38.3 Å². The lowest BCUT2D eigenvalue weighted by molar-refractivity contribution is 0.610. The Kier molecular flexibility index (Phi) is 8.34. The molecule has 31 heavy (non-hydrogen) atoms. The maximum absolute atomic E-state index is 4.80. The number of benzene rings is 1. The summed E-state index contributed by atoms with van der Waals surface area (Å²) in [5, 5.41) is 16.9. The Labute approximate surface area is 201 Å². The van der Waals surface area contributed by atoms with Gasteiger partial charge < -0.3 is 20.2 Å². The lowest BCUT2D eigenvalue weighted by Gasteiger charge is -2.17. The van der Waals surface area contributed by atoms with Crippen molar-refractivity contribution in [3.05, 3.63) is 47.2 Å². The number of aromatic nitrogens is 4. The third kappa shape index (κ3) is 5.58. The van der Waals surface area contributed by atoms with Gasteiger partial charge in [0.15, 0.2) is 11.8 Å². The largest absolute Gasteiger partial charge is 0.361 e. The molecule has 0 bridgehead atoms. The zero-order chi connectivity index (χ0) is 20.9. The number of aromatic amines is 1. The van der Waals surface area contributed by atoms with Crippen molar-refractivity contribution < 1.29 is 0 Å². The third-order valence-electron chi connectivity index (χ3n) is 6.21. The normalized spacial score (nSPS) is 14.7. The monoisotopic (exact) mass is 535 g/mol. The van der Waals surface area contributed by atoms with E-state index in [9.17, 15) is 0 Å². The zero-order valence-corrected chi connectivity index (χ0v) is 21.1. The van der Waals surface area contributed by atoms with Gasteiger partial charge >= 0.3 is 0 Å². The van der Waals surface area contributed by atoms with Crippen molar-refractivity contribution in [1.82, 2.24) is 30.4 Å². The van der Waals surface area contributed by atoms with E-state index in [1.54, 1.807) is 0 Å². The SMILES string of the molecule is CCc1cccc2c(CCNC(=NCc3nnc(C)n3C)NC3CCCC3)c[nH]c12.I. The molecule has 1 fully saturated rings. The van der Waals surface area contributed by atoms with Crippen molar-refractivity contribution in [2.45, 2.75) is 65.0 Å². The number of para-hydroxylation sites is 1. The van der Waals surface area contributed by atoms with Gasteiger partial charge in [-0.2, -0.15) is 0 Å². The molecular formula is C23H34IN7. The molecule has 4 rings (SSSR count). The van der Waals surface area contributed by atoms with Crippen LogP contribution in [0.15, 0.2) is 29.4 Å². The fourth-order valence-electron chi connectivity index (χ4n) is 4.25. The predicted molar refractivity (Wildman–Crippen MR) is 137 cm³/mol. The first-order valence-electron chi connectivity index (χ1n) is 11.1. The molecule has 0 unspecified atom stereocenters. The Balaban J connectivity index is 0.00000272. The van der Waals surface area contributed by atoms with Crippen LogP contribution in [0.5, 0.6) is 0 Å². The highest BCUT2D eigenvalue weighted by Crippen LogP contribution is 2.22. The van der Waals surface area contributed by atoms with Crippen LogP contribution in [0, 0.1) is 6.92 Å². The molecule has 0 atom stereocenters. The Hall–Kier alpha value is -2.10. The van der Waals surface area contributed by atoms with E-state index in [1.807, 2.05) is 18.5 Å². The fourth-order valence-corrected chi connectivity index (χ4v) is 4.25. The minimum Gasteiger partial charge on any atom is -0.361 e. The summed E-state index contributed by atoms with van der Waals surface area (Å²) >= 11 is 0. The number of guanidine groups is 1. The quantitative estimate of drug-likeness (QED) is 0.243. The van der Waals surface area contributed by atoms with Crippen LogP contribution in [0.2, 0.25) is 0 Å². The molecular weight excluding hydrogens is 501 g/mol. The summed E-state index contributed by atoms with van der Waals surface area (Å²) in [5.41, 5.74) is 3.98. The van der Waals surface area contributed by atoms with Crippen LogP contribution < -0.4 is 10.6 Å². The van der Waals surface area contributed by atoms with Gasteiger partial charge in [0.2, 0.25) is 0 Å². The smallest absolute Gasteiger partial charge is 0.191 e. The average molecular weight is 535 g/mol. The highest BCUT2D eigenvalue weighted by molar-refractivity contribution is 14.0. The molecule has 1 aromatic carbocycles. The first-order valence-corrected chi connectivity index (χ1v) is 11.1. The van der Waals surface area contributed by atoms with E-state index in [2.05, 4.69) is 57.1 Å². The van der Waals surface area contributed by atoms with Crippen molar-refractivity contribution >= 4 is 40.8 Å². The first kappa shape index (κ1) is 23.6. The second-order valence-electron chi connectivity index (χ2n) is 8.20. The molecule has 0 radical (unpaired) electrons. The lowest BCUT2D eigenvalue weighted by Crippen LogP contribution is -2.43. The third-order valence-corrected chi connectivity index (χ3v) is 6.21. The number of H-pyrrole nitrogens is 1. The average Bonchev–Trinajstić information content (AvgIpc) is 3.49. The van der Waals surface area contributed by atoms with Gasteiger partial charge in [-0.25, -0.2) is 4.99 Å². The molecule has 7 nitrogen and oxygen atoms in total. The number of rotatable bonds is 7. The predicted octanol–water partition coefficient (Wildman–Crippen LogP) is 4.01. The summed E-state index contributed by atoms with van der Waals surface area (Å²) in [6.45, 7) is 5.51. The van der Waals surface area contributed by atoms with Gasteiger partial charge in [0.25, 0.3) is 0 Å². The minimum atomic E-state index is 0. The van der Waals surface area contributed by atoms with E-state index in [1.165, 1.54) is 47.7 Å². The summed E-state index contributed by atoms with van der Waals surface area (Å²) in [7, 11) is 1.99. The number of hydrogen-bond donors (Lipinski definition) is 3. The second kappa shape index (κ2) is 11.0. The molecule has 3 N–H and O–H groups in total. The molecule has 0 saturated heterocycles. The zero-order valence-electron chi connectivity index (χ0n) is 18.7. The van der Waals surface area contributed by atoms with E-state index in [0.29, 0.717) is 12.6 Å². The van der Waals surface area contributed by atoms with Crippen LogP contribution in [0.4, 0.5) is 0 Å². The summed E-state index contributed by atoms with van der Waals surface area (Å²) in [5.74, 6) is 2.66. The van der Waals surface area contributed by atoms with E-state index in [-0.39, 0.29) is 24.0 Å². The Bertz CT molecular complexity index is 1010. The molecule has 0 amide bonds. The van der Waals surface area contributed by atoms with Crippen LogP contribution in [0.3, 0.4) is 0 Å². The molecule has 168 valence electrons. The Morgan fingerprint density at radius 3 is 2.74 bits per heavy atom. The van der Waals surface area contributed by atoms with Gasteiger partial charge in [0, 0.05) is 36.7 Å². The van der Waals surface area contributed by atoms with E-state index in [0.717, 1.165) is 37.0 Å². The van der Waals surface area contributed by atoms with Crippen molar-refractivity contribution in [3.8, 4) is 0 Å². The highest BCUT2D eigenvalue weighted by atomic mass is 127. The lowest BCUT2D eigenvalue weighted by atomic mass is 10.1. The topological polar surface area (TPSA) is 82.9 Å². The number of aryl methyl sites for hydroxylation is 2. The first-order chi connectivity index (χ1) is 14.7. The Morgan fingerprint density at radius 1 is 1.23 bits per heavy atom. The number of aliphatic imine (C=N–C) groups is 1. The van der Waals surface area contributed by atoms with Crippen molar-refractivity contribution in [3.63, 3.8) is 0 Å². The standard InChI is InChI=1S/C23H33N7.HI/c1-4-17-8-7-11-20-18(14-25-22(17)20)12-13-24-23(27-19-9-5-6-10-19)26-15-21-29-28-16(2)30(21)3;/h7-8,11,14,19,25H,4-6,9-10,12-13,15H2,1-3H3,(H2,24,26,27);1H. The van der Waals surface area contributed by atoms with Gasteiger partial charge in [-0.15, -0.1) is 34.2 Å². The van der Waals surface area contributed by atoms with Crippen molar-refractivity contribution in [2.75, 3.05) is 6.54 Å². The molecule has 1 aliphatic rings. The van der Waals surface area contributed by atoms with Gasteiger partial charge in [-0.05, 0) is 43.7 Å². The molecule has 2 aromatic heterocycles. The molecule has 0 spiro atoms. The van der Waals surface area contributed by atoms with Crippen LogP contribution in [0.1, 0.15) is 55.4 Å². The second-order valence-corrected chi connectivity index (χ2v) is 8.20. The summed E-state index contributed by atoms with van der Waals surface area (Å²) < 4.78 is 1.99. The van der Waals surface area contributed by atoms with Crippen molar-refractivity contribution in [1.29, 1.82) is 0 Å². The number of hydrogen-bond acceptors (Lipinski definition) is 3. The summed E-state index contributed by atoms with van der Waals surface area (Å²) in [6, 6.07) is 7.08. The van der Waals surface area contributed by atoms with Crippen LogP contribution in [-0.2, 0) is 26.4 Å². The number of nitrogens with zero attached hydrogens (tertiary/aromatic N) is 4. The molecule has 1 aliphatic carbocycles. The number of nitrogens with one attached hydrogen (secondary N) is 3. The van der Waals surface area contributed by atoms with Gasteiger partial charge in [0.05, 0.1) is 0 Å². The van der Waals surface area contributed by atoms with Crippen LogP contribution in [0.25, 0.3) is 10.9 Å². The molecule has 0 aliphatic heterocycles. The summed E-state index contributed by atoms with van der Waals surface area (Å²) in [6.07, 6.45) is 9.15. The minimum absolute atomic E-state index is 0. The molecule has 8 heteroatoms. The van der Waals surface area contributed by atoms with Gasteiger partial charge in [0.1, 0.15) is 12.4 Å². The van der Waals surface area contributed by atoms with Crippen LogP contribution >= 0.6 is 24.0 Å². The van der Waals surface area contributed by atoms with Gasteiger partial charge in [-0.1, -0.05) is 38.0 Å². The number of fused-ring (bicyclic) bond motifs is 1. The van der Waals surface area contributed by atoms with E-state index in [4.69, 9.17) is 4.99 Å². The van der Waals surface area contributed by atoms with Crippen molar-refractivity contribution in [2.24, 2.45) is 12.0 Å². The summed E-state index contributed by atoms with van der Waals surface area (Å²) in [4.78, 5) is 8.27. The molecule has 1 saturated carbocycles. The maximum Gasteiger partial charge on any atom is 0.191 e. The molecule has 2 heterocycles. The molecule has 3 aromatic rings. The highest BCUT2D eigenvalue weighted by Gasteiger charge is 2.16. The van der Waals surface area contributed by atoms with Gasteiger partial charge in [-0.3, -0.25) is 0 Å². The number of halogens is 1. The Morgan fingerprint density at radius 2 is 2.03 bits per heavy atom. The van der Waals surface area contributed by atoms with E-state index >= 15 is 0 Å². The maximum atomic E-state index is 4.80. The van der Waals surface area contributed by atoms with E-state index < -0.39 is 0 Å².